The number of carbonyl (C=O) groups excluding carboxylic acids is 1. The van der Waals surface area contributed by atoms with E-state index in [1.54, 1.807) is 46.0 Å². The van der Waals surface area contributed by atoms with Crippen LogP contribution in [-0.2, 0) is 19.8 Å². The minimum absolute atomic E-state index is 0.118. The van der Waals surface area contributed by atoms with E-state index in [1.807, 2.05) is 29.9 Å². The molecule has 0 N–H and O–H groups in total. The van der Waals surface area contributed by atoms with Gasteiger partial charge in [-0.05, 0) is 25.1 Å². The smallest absolute Gasteiger partial charge is 0.274 e. The van der Waals surface area contributed by atoms with Crippen molar-refractivity contribution in [2.75, 3.05) is 7.05 Å². The highest BCUT2D eigenvalue weighted by atomic mass is 16.2. The Bertz CT molecular complexity index is 771. The van der Waals surface area contributed by atoms with Crippen molar-refractivity contribution in [3.8, 4) is 0 Å². The summed E-state index contributed by atoms with van der Waals surface area (Å²) < 4.78 is 5.30. The molecule has 1 amide bonds. The highest BCUT2D eigenvalue weighted by molar-refractivity contribution is 5.91. The summed E-state index contributed by atoms with van der Waals surface area (Å²) >= 11 is 0. The largest absolute Gasteiger partial charge is 0.334 e. The van der Waals surface area contributed by atoms with Crippen LogP contribution < -0.4 is 0 Å². The maximum atomic E-state index is 12.5. The summed E-state index contributed by atoms with van der Waals surface area (Å²) in [6.07, 6.45) is 7.08. The van der Waals surface area contributed by atoms with Crippen molar-refractivity contribution < 1.29 is 4.79 Å². The van der Waals surface area contributed by atoms with Crippen molar-refractivity contribution in [1.29, 1.82) is 0 Å². The normalized spacial score (nSPS) is 10.9. The van der Waals surface area contributed by atoms with Crippen LogP contribution in [0.25, 0.3) is 0 Å². The van der Waals surface area contributed by atoms with E-state index >= 15 is 0 Å². The zero-order valence-corrected chi connectivity index (χ0v) is 13.2. The maximum Gasteiger partial charge on any atom is 0.274 e. The van der Waals surface area contributed by atoms with Crippen LogP contribution in [0, 0.1) is 0 Å². The standard InChI is InChI=1S/C15H19N7O/c1-3-22-13(5-8-17-22)11-19(2)15(23)14-6-10-21(18-14)12-20-9-4-7-16-20/h4-10H,3,11-12H2,1-2H3. The minimum atomic E-state index is -0.118. The number of amides is 1. The molecule has 0 fully saturated rings. The second kappa shape index (κ2) is 6.47. The average Bonchev–Trinajstić information content (AvgIpc) is 3.28. The molecule has 8 nitrogen and oxygen atoms in total. The van der Waals surface area contributed by atoms with Crippen LogP contribution in [0.15, 0.2) is 43.0 Å². The van der Waals surface area contributed by atoms with Gasteiger partial charge in [0.05, 0.1) is 12.2 Å². The molecule has 3 heterocycles. The zero-order chi connectivity index (χ0) is 16.2. The molecule has 0 spiro atoms. The first kappa shape index (κ1) is 15.0. The van der Waals surface area contributed by atoms with E-state index in [-0.39, 0.29) is 5.91 Å². The first-order valence-corrected chi connectivity index (χ1v) is 7.44. The van der Waals surface area contributed by atoms with Crippen LogP contribution in [0.3, 0.4) is 0 Å². The van der Waals surface area contributed by atoms with Crippen LogP contribution in [0.4, 0.5) is 0 Å². The second-order valence-corrected chi connectivity index (χ2v) is 5.23. The van der Waals surface area contributed by atoms with E-state index in [0.717, 1.165) is 12.2 Å². The first-order valence-electron chi connectivity index (χ1n) is 7.44. The number of carbonyl (C=O) groups is 1. The van der Waals surface area contributed by atoms with E-state index in [1.165, 1.54) is 0 Å². The van der Waals surface area contributed by atoms with Crippen molar-refractivity contribution in [3.63, 3.8) is 0 Å². The van der Waals surface area contributed by atoms with Crippen molar-refractivity contribution in [2.24, 2.45) is 0 Å². The number of hydrogen-bond acceptors (Lipinski definition) is 4. The summed E-state index contributed by atoms with van der Waals surface area (Å²) in [5.74, 6) is -0.118. The van der Waals surface area contributed by atoms with Crippen molar-refractivity contribution in [1.82, 2.24) is 34.2 Å². The Morgan fingerprint density at radius 1 is 1.17 bits per heavy atom. The topological polar surface area (TPSA) is 73.8 Å². The number of hydrogen-bond donors (Lipinski definition) is 0. The minimum Gasteiger partial charge on any atom is -0.334 e. The Hall–Kier alpha value is -2.90. The SMILES string of the molecule is CCn1nccc1CN(C)C(=O)c1ccn(Cn2cccn2)n1. The summed E-state index contributed by atoms with van der Waals surface area (Å²) in [5.41, 5.74) is 1.42. The molecule has 0 aliphatic heterocycles. The number of nitrogens with zero attached hydrogens (tertiary/aromatic N) is 7. The van der Waals surface area contributed by atoms with Gasteiger partial charge in [0.1, 0.15) is 12.4 Å². The lowest BCUT2D eigenvalue weighted by Crippen LogP contribution is -2.28. The van der Waals surface area contributed by atoms with Gasteiger partial charge in [-0.1, -0.05) is 0 Å². The van der Waals surface area contributed by atoms with Gasteiger partial charge < -0.3 is 4.90 Å². The van der Waals surface area contributed by atoms with Gasteiger partial charge in [-0.25, -0.2) is 0 Å². The maximum absolute atomic E-state index is 12.5. The molecule has 3 aromatic rings. The molecular formula is C15H19N7O. The molecular weight excluding hydrogens is 294 g/mol. The van der Waals surface area contributed by atoms with E-state index in [2.05, 4.69) is 15.3 Å². The Kier molecular flexibility index (Phi) is 4.22. The number of aromatic nitrogens is 6. The summed E-state index contributed by atoms with van der Waals surface area (Å²) in [6, 6.07) is 5.49. The number of aryl methyl sites for hydroxylation is 1. The van der Waals surface area contributed by atoms with Crippen LogP contribution in [0.5, 0.6) is 0 Å². The summed E-state index contributed by atoms with van der Waals surface area (Å²) in [6.45, 7) is 3.78. The fourth-order valence-electron chi connectivity index (χ4n) is 2.38. The van der Waals surface area contributed by atoms with Gasteiger partial charge in [0.15, 0.2) is 0 Å². The van der Waals surface area contributed by atoms with Gasteiger partial charge in [0.25, 0.3) is 5.91 Å². The molecule has 0 atom stereocenters. The van der Waals surface area contributed by atoms with Gasteiger partial charge in [0, 0.05) is 38.4 Å². The van der Waals surface area contributed by atoms with Crippen LogP contribution >= 0.6 is 0 Å². The Balaban J connectivity index is 1.66. The van der Waals surface area contributed by atoms with E-state index in [0.29, 0.717) is 18.9 Å². The molecule has 0 bridgehead atoms. The highest BCUT2D eigenvalue weighted by Gasteiger charge is 2.16. The third-order valence-electron chi connectivity index (χ3n) is 3.56. The molecule has 3 rings (SSSR count). The molecule has 8 heteroatoms. The lowest BCUT2D eigenvalue weighted by atomic mass is 10.3. The van der Waals surface area contributed by atoms with Crippen molar-refractivity contribution in [3.05, 3.63) is 54.4 Å². The molecule has 120 valence electrons. The Morgan fingerprint density at radius 3 is 2.78 bits per heavy atom. The molecule has 0 aliphatic carbocycles. The molecule has 0 saturated heterocycles. The third-order valence-corrected chi connectivity index (χ3v) is 3.56. The monoisotopic (exact) mass is 313 g/mol. The fraction of sp³-hybridized carbons (Fsp3) is 0.333. The molecule has 0 saturated carbocycles. The van der Waals surface area contributed by atoms with Crippen LogP contribution in [0.2, 0.25) is 0 Å². The van der Waals surface area contributed by atoms with Gasteiger partial charge in [-0.3, -0.25) is 18.8 Å². The van der Waals surface area contributed by atoms with Gasteiger partial charge in [-0.15, -0.1) is 0 Å². The highest BCUT2D eigenvalue weighted by Crippen LogP contribution is 2.07. The van der Waals surface area contributed by atoms with Crippen molar-refractivity contribution >= 4 is 5.91 Å². The van der Waals surface area contributed by atoms with E-state index in [4.69, 9.17) is 0 Å². The molecule has 3 aromatic heterocycles. The fourth-order valence-corrected chi connectivity index (χ4v) is 2.38. The summed E-state index contributed by atoms with van der Waals surface area (Å²) in [7, 11) is 1.77. The van der Waals surface area contributed by atoms with Gasteiger partial charge in [-0.2, -0.15) is 15.3 Å². The van der Waals surface area contributed by atoms with Gasteiger partial charge in [0.2, 0.25) is 0 Å². The predicted molar refractivity (Wildman–Crippen MR) is 83.6 cm³/mol. The predicted octanol–water partition coefficient (Wildman–Crippen LogP) is 1.07. The first-order chi connectivity index (χ1) is 11.2. The summed E-state index contributed by atoms with van der Waals surface area (Å²) in [5, 5.41) is 12.7. The van der Waals surface area contributed by atoms with Crippen molar-refractivity contribution in [2.45, 2.75) is 26.7 Å². The summed E-state index contributed by atoms with van der Waals surface area (Å²) in [4.78, 5) is 14.1. The van der Waals surface area contributed by atoms with Gasteiger partial charge >= 0.3 is 0 Å². The van der Waals surface area contributed by atoms with E-state index < -0.39 is 0 Å². The molecule has 0 unspecified atom stereocenters. The third kappa shape index (κ3) is 3.31. The van der Waals surface area contributed by atoms with Crippen LogP contribution in [0.1, 0.15) is 23.1 Å². The molecule has 23 heavy (non-hydrogen) atoms. The zero-order valence-electron chi connectivity index (χ0n) is 13.2. The lowest BCUT2D eigenvalue weighted by molar-refractivity contribution is 0.0774. The molecule has 0 aliphatic rings. The second-order valence-electron chi connectivity index (χ2n) is 5.23. The Morgan fingerprint density at radius 2 is 2.04 bits per heavy atom. The quantitative estimate of drug-likeness (QED) is 0.682. The molecule has 0 radical (unpaired) electrons. The van der Waals surface area contributed by atoms with Crippen LogP contribution in [-0.4, -0.2) is 47.2 Å². The number of rotatable bonds is 6. The lowest BCUT2D eigenvalue weighted by Gasteiger charge is -2.16. The Labute approximate surface area is 133 Å². The van der Waals surface area contributed by atoms with E-state index in [9.17, 15) is 4.79 Å². The molecule has 0 aromatic carbocycles. The average molecular weight is 313 g/mol.